The van der Waals surface area contributed by atoms with Gasteiger partial charge in [0.05, 0.1) is 0 Å². The quantitative estimate of drug-likeness (QED) is 0.273. The van der Waals surface area contributed by atoms with Gasteiger partial charge in [-0.2, -0.15) is 0 Å². The second kappa shape index (κ2) is 10.1. The Hall–Kier alpha value is -1.02. The van der Waals surface area contributed by atoms with Crippen molar-refractivity contribution in [3.63, 3.8) is 0 Å². The van der Waals surface area contributed by atoms with E-state index in [4.69, 9.17) is 4.43 Å². The van der Waals surface area contributed by atoms with E-state index in [1.807, 2.05) is 0 Å². The maximum absolute atomic E-state index is 6.92. The molecule has 0 aliphatic heterocycles. The van der Waals surface area contributed by atoms with E-state index in [1.54, 1.807) is 0 Å². The van der Waals surface area contributed by atoms with Crippen LogP contribution in [0, 0.1) is 9.86 Å². The molecular formula is C25H36OSiSn. The molecule has 0 saturated carbocycles. The Morgan fingerprint density at radius 1 is 0.821 bits per heavy atom. The second-order valence-electron chi connectivity index (χ2n) is 9.52. The Labute approximate surface area is 177 Å². The fraction of sp³-hybridized carbons (Fsp3) is 0.440. The van der Waals surface area contributed by atoms with Crippen molar-refractivity contribution >= 4 is 37.1 Å². The predicted molar refractivity (Wildman–Crippen MR) is 129 cm³/mol. The summed E-state index contributed by atoms with van der Waals surface area (Å²) in [5, 5.41) is 2.77. The average Bonchev–Trinajstić information content (AvgIpc) is 2.63. The topological polar surface area (TPSA) is 9.23 Å². The first-order chi connectivity index (χ1) is 13.2. The summed E-state index contributed by atoms with van der Waals surface area (Å²) in [7, 11) is -2.37. The Balaban J connectivity index is 2.21. The van der Waals surface area contributed by atoms with Crippen LogP contribution in [-0.2, 0) is 4.43 Å². The minimum absolute atomic E-state index is 0.0518. The molecule has 0 spiro atoms. The summed E-state index contributed by atoms with van der Waals surface area (Å²) in [6.45, 7) is 7.80. The van der Waals surface area contributed by atoms with Crippen LogP contribution < -0.4 is 10.4 Å². The van der Waals surface area contributed by atoms with Gasteiger partial charge in [-0.15, -0.1) is 0 Å². The van der Waals surface area contributed by atoms with E-state index >= 15 is 0 Å². The molecule has 1 nitrogen and oxygen atoms in total. The van der Waals surface area contributed by atoms with Gasteiger partial charge in [0.1, 0.15) is 0 Å². The fourth-order valence-electron chi connectivity index (χ4n) is 3.63. The summed E-state index contributed by atoms with van der Waals surface area (Å²) >= 11 is -1.94. The van der Waals surface area contributed by atoms with Crippen molar-refractivity contribution in [3.05, 3.63) is 60.7 Å². The van der Waals surface area contributed by atoms with Crippen LogP contribution in [0.4, 0.5) is 0 Å². The van der Waals surface area contributed by atoms with Crippen LogP contribution in [0.15, 0.2) is 60.7 Å². The summed E-state index contributed by atoms with van der Waals surface area (Å²) in [6.07, 6.45) is 3.18. The third kappa shape index (κ3) is 6.24. The zero-order chi connectivity index (χ0) is 20.7. The van der Waals surface area contributed by atoms with Crippen molar-refractivity contribution in [2.24, 2.45) is 0 Å². The maximum atomic E-state index is 6.92. The molecule has 0 N–H and O–H groups in total. The van der Waals surface area contributed by atoms with Crippen molar-refractivity contribution in [1.82, 2.24) is 0 Å². The van der Waals surface area contributed by atoms with Gasteiger partial charge in [-0.25, -0.2) is 0 Å². The molecule has 28 heavy (non-hydrogen) atoms. The van der Waals surface area contributed by atoms with Gasteiger partial charge in [0.25, 0.3) is 0 Å². The van der Waals surface area contributed by atoms with Gasteiger partial charge in [-0.1, -0.05) is 0 Å². The van der Waals surface area contributed by atoms with E-state index in [0.717, 1.165) is 25.9 Å². The molecule has 0 aromatic heterocycles. The number of hydrogen-bond donors (Lipinski definition) is 0. The molecule has 0 aliphatic rings. The second-order valence-corrected chi connectivity index (χ2v) is 27.4. The zero-order valence-corrected chi connectivity index (χ0v) is 22.4. The van der Waals surface area contributed by atoms with Crippen LogP contribution in [0.2, 0.25) is 19.9 Å². The summed E-state index contributed by atoms with van der Waals surface area (Å²) in [6, 6.07) is 21.8. The molecule has 0 amide bonds. The first kappa shape index (κ1) is 23.3. The predicted octanol–water partition coefficient (Wildman–Crippen LogP) is 5.61. The van der Waals surface area contributed by atoms with Crippen LogP contribution in [0.25, 0.3) is 0 Å². The van der Waals surface area contributed by atoms with Crippen molar-refractivity contribution in [2.45, 2.75) is 59.9 Å². The summed E-state index contributed by atoms with van der Waals surface area (Å²) in [5.41, 5.74) is 0. The standard InChI is InChI=1S/C22H27OSi.3CH3.Sn/c1-5-6-7-14-19-23-24(22(2,3)4,20-15-10-8-11-16-20)21-17-12-9-13-18-21;;;;/h8-13,15-18H,6-7,14,19H2,2-4H3;3*1H3;. The van der Waals surface area contributed by atoms with Crippen molar-refractivity contribution < 1.29 is 4.43 Å². The zero-order valence-electron chi connectivity index (χ0n) is 18.5. The summed E-state index contributed by atoms with van der Waals surface area (Å²) in [4.78, 5) is 7.11. The molecule has 2 aromatic carbocycles. The van der Waals surface area contributed by atoms with Crippen LogP contribution in [0.3, 0.4) is 0 Å². The van der Waals surface area contributed by atoms with Crippen LogP contribution in [0.1, 0.15) is 40.0 Å². The molecule has 0 heterocycles. The molecular weight excluding hydrogens is 463 g/mol. The molecule has 0 fully saturated rings. The molecule has 0 aliphatic carbocycles. The number of unbranched alkanes of at least 4 members (excludes halogenated alkanes) is 2. The van der Waals surface area contributed by atoms with Gasteiger partial charge < -0.3 is 0 Å². The molecule has 0 bridgehead atoms. The number of benzene rings is 2. The summed E-state index contributed by atoms with van der Waals surface area (Å²) in [5.74, 6) is 3.42. The first-order valence-corrected chi connectivity index (χ1v) is 22.3. The average molecular weight is 499 g/mol. The van der Waals surface area contributed by atoms with Crippen LogP contribution in [0.5, 0.6) is 0 Å². The van der Waals surface area contributed by atoms with E-state index in [-0.39, 0.29) is 5.04 Å². The van der Waals surface area contributed by atoms with Crippen molar-refractivity contribution in [3.8, 4) is 9.86 Å². The molecule has 0 atom stereocenters. The Morgan fingerprint density at radius 2 is 1.32 bits per heavy atom. The Bertz CT molecular complexity index is 737. The molecule has 2 aromatic rings. The van der Waals surface area contributed by atoms with Gasteiger partial charge in [0.15, 0.2) is 0 Å². The molecule has 0 saturated heterocycles. The van der Waals surface area contributed by atoms with Gasteiger partial charge in [0.2, 0.25) is 0 Å². The van der Waals surface area contributed by atoms with Gasteiger partial charge in [0, 0.05) is 0 Å². The van der Waals surface area contributed by atoms with Gasteiger partial charge in [-0.05, 0) is 0 Å². The van der Waals surface area contributed by atoms with E-state index in [9.17, 15) is 0 Å². The SMILES string of the molecule is CC(C)(C)[Si](OCCCCC#[C][Sn]([CH3])([CH3])[CH3])(c1ccccc1)c1ccccc1. The van der Waals surface area contributed by atoms with Gasteiger partial charge in [-0.3, -0.25) is 0 Å². The minimum atomic E-state index is -2.37. The monoisotopic (exact) mass is 500 g/mol. The molecule has 3 heteroatoms. The Kier molecular flexibility index (Phi) is 8.42. The van der Waals surface area contributed by atoms with Crippen LogP contribution >= 0.6 is 0 Å². The third-order valence-electron chi connectivity index (χ3n) is 4.89. The normalized spacial score (nSPS) is 12.4. The molecule has 0 unspecified atom stereocenters. The Morgan fingerprint density at radius 3 is 1.75 bits per heavy atom. The van der Waals surface area contributed by atoms with Crippen molar-refractivity contribution in [1.29, 1.82) is 0 Å². The van der Waals surface area contributed by atoms with E-state index in [2.05, 4.69) is 106 Å². The third-order valence-corrected chi connectivity index (χ3v) is 12.6. The summed E-state index contributed by atoms with van der Waals surface area (Å²) < 4.78 is 10.5. The van der Waals surface area contributed by atoms with Gasteiger partial charge >= 0.3 is 179 Å². The number of rotatable bonds is 7. The molecule has 2 rings (SSSR count). The first-order valence-electron chi connectivity index (χ1n) is 10.4. The van der Waals surface area contributed by atoms with Crippen LogP contribution in [-0.4, -0.2) is 33.3 Å². The molecule has 0 radical (unpaired) electrons. The van der Waals surface area contributed by atoms with Crippen molar-refractivity contribution in [2.75, 3.05) is 6.61 Å². The molecule has 150 valence electrons. The fourth-order valence-corrected chi connectivity index (χ4v) is 10.1. The van der Waals surface area contributed by atoms with E-state index < -0.39 is 26.7 Å². The van der Waals surface area contributed by atoms with E-state index in [1.165, 1.54) is 10.4 Å². The van der Waals surface area contributed by atoms with E-state index in [0.29, 0.717) is 0 Å². The number of hydrogen-bond acceptors (Lipinski definition) is 1.